The minimum atomic E-state index is -2.60. The monoisotopic (exact) mass is 206 g/mol. The highest BCUT2D eigenvalue weighted by molar-refractivity contribution is 7.99. The van der Waals surface area contributed by atoms with Crippen LogP contribution in [0.25, 0.3) is 0 Å². The van der Waals surface area contributed by atoms with E-state index in [4.69, 9.17) is 0 Å². The molecule has 4 heteroatoms. The minimum absolute atomic E-state index is 0.418. The van der Waals surface area contributed by atoms with E-state index >= 15 is 0 Å². The average Bonchev–Trinajstić information content (AvgIpc) is 1.94. The van der Waals surface area contributed by atoms with Crippen LogP contribution in [0.5, 0.6) is 0 Å². The van der Waals surface area contributed by atoms with E-state index in [2.05, 4.69) is 6.58 Å². The molecule has 1 aliphatic rings. The van der Waals surface area contributed by atoms with Gasteiger partial charge in [-0.3, -0.25) is 0 Å². The molecule has 2 nitrogen and oxygen atoms in total. The van der Waals surface area contributed by atoms with Crippen molar-refractivity contribution in [1.82, 2.24) is 0 Å². The first-order chi connectivity index (χ1) is 5.64. The van der Waals surface area contributed by atoms with Crippen LogP contribution in [0.15, 0.2) is 12.7 Å². The zero-order chi connectivity index (χ0) is 9.03. The molecule has 70 valence electrons. The molecule has 0 N–H and O–H groups in total. The van der Waals surface area contributed by atoms with E-state index in [9.17, 15) is 8.42 Å². The molecular weight excluding hydrogens is 192 g/mol. The second-order valence-electron chi connectivity index (χ2n) is 3.10. The number of hydrogen-bond donors (Lipinski definition) is 0. The molecule has 0 aromatic carbocycles. The summed E-state index contributed by atoms with van der Waals surface area (Å²) in [4.78, 5) is 0. The summed E-state index contributed by atoms with van der Waals surface area (Å²) < 4.78 is 21.5. The third-order valence-electron chi connectivity index (χ3n) is 1.89. The third-order valence-corrected chi connectivity index (χ3v) is 4.84. The zero-order valence-corrected chi connectivity index (χ0v) is 8.66. The van der Waals surface area contributed by atoms with Crippen LogP contribution >= 0.6 is 11.8 Å². The summed E-state index contributed by atoms with van der Waals surface area (Å²) in [6, 6.07) is 0. The van der Waals surface area contributed by atoms with Crippen LogP contribution in [0.2, 0.25) is 0 Å². The maximum atomic E-state index is 10.8. The highest BCUT2D eigenvalue weighted by Gasteiger charge is 2.32. The molecule has 0 amide bonds. The number of hydrogen-bond acceptors (Lipinski definition) is 3. The summed E-state index contributed by atoms with van der Waals surface area (Å²) >= 11 is 1.82. The molecule has 0 unspecified atom stereocenters. The second kappa shape index (κ2) is 4.33. The fraction of sp³-hybridized carbons (Fsp3) is 0.750. The van der Waals surface area contributed by atoms with E-state index in [-0.39, 0.29) is 0 Å². The third kappa shape index (κ3) is 3.19. The Hall–Kier alpha value is 0.0400. The van der Waals surface area contributed by atoms with Crippen LogP contribution < -0.4 is 0 Å². The van der Waals surface area contributed by atoms with E-state index < -0.39 is 9.84 Å². The van der Waals surface area contributed by atoms with Crippen LogP contribution in [0.3, 0.4) is 0 Å². The second-order valence-corrected chi connectivity index (χ2v) is 6.40. The summed E-state index contributed by atoms with van der Waals surface area (Å²) in [6.45, 7) is 3.62. The van der Waals surface area contributed by atoms with Gasteiger partial charge in [0.25, 0.3) is 0 Å². The van der Waals surface area contributed by atoms with Gasteiger partial charge in [-0.25, -0.2) is 8.42 Å². The van der Waals surface area contributed by atoms with Crippen molar-refractivity contribution in [2.45, 2.75) is 6.42 Å². The van der Waals surface area contributed by atoms with Gasteiger partial charge in [0.2, 0.25) is 0 Å². The van der Waals surface area contributed by atoms with Crippen LogP contribution in [0, 0.1) is 5.92 Å². The van der Waals surface area contributed by atoms with E-state index in [1.54, 1.807) is 0 Å². The Bertz CT molecular complexity index is 232. The van der Waals surface area contributed by atoms with Crippen molar-refractivity contribution in [1.29, 1.82) is 0 Å². The van der Waals surface area contributed by atoms with Gasteiger partial charge in [-0.15, -0.1) is 6.58 Å². The lowest BCUT2D eigenvalue weighted by Gasteiger charge is -2.25. The minimum Gasteiger partial charge on any atom is -0.229 e. The quantitative estimate of drug-likeness (QED) is 0.503. The lowest BCUT2D eigenvalue weighted by atomic mass is 10.1. The normalized spacial score (nSPS) is 21.7. The SMILES string of the molecule is C=CCSCCC1CS(=O)(=O)C1. The van der Waals surface area contributed by atoms with Crippen LogP contribution in [0.1, 0.15) is 6.42 Å². The Balaban J connectivity index is 2.00. The summed E-state index contributed by atoms with van der Waals surface area (Å²) in [5.41, 5.74) is 0. The topological polar surface area (TPSA) is 34.1 Å². The Morgan fingerprint density at radius 3 is 2.67 bits per heavy atom. The Kier molecular flexibility index (Phi) is 3.65. The van der Waals surface area contributed by atoms with Gasteiger partial charge < -0.3 is 0 Å². The van der Waals surface area contributed by atoms with Crippen LogP contribution in [-0.4, -0.2) is 31.4 Å². The highest BCUT2D eigenvalue weighted by Crippen LogP contribution is 2.23. The van der Waals surface area contributed by atoms with Crippen molar-refractivity contribution >= 4 is 21.6 Å². The van der Waals surface area contributed by atoms with Crippen LogP contribution in [-0.2, 0) is 9.84 Å². The van der Waals surface area contributed by atoms with Gasteiger partial charge >= 0.3 is 0 Å². The zero-order valence-electron chi connectivity index (χ0n) is 7.03. The predicted molar refractivity (Wildman–Crippen MR) is 54.3 cm³/mol. The Morgan fingerprint density at radius 1 is 1.50 bits per heavy atom. The molecule has 0 saturated carbocycles. The molecule has 0 aromatic heterocycles. The van der Waals surface area contributed by atoms with Crippen molar-refractivity contribution in [2.75, 3.05) is 23.0 Å². The Morgan fingerprint density at radius 2 is 2.17 bits per heavy atom. The first-order valence-electron chi connectivity index (χ1n) is 4.03. The molecule has 1 heterocycles. The maximum Gasteiger partial charge on any atom is 0.150 e. The molecule has 0 atom stereocenters. The molecule has 0 aromatic rings. The molecule has 1 fully saturated rings. The van der Waals surface area contributed by atoms with Crippen molar-refractivity contribution in [3.05, 3.63) is 12.7 Å². The first-order valence-corrected chi connectivity index (χ1v) is 7.01. The smallest absolute Gasteiger partial charge is 0.150 e. The van der Waals surface area contributed by atoms with Gasteiger partial charge in [-0.2, -0.15) is 11.8 Å². The average molecular weight is 206 g/mol. The molecule has 0 spiro atoms. The lowest BCUT2D eigenvalue weighted by Crippen LogP contribution is -2.36. The van der Waals surface area contributed by atoms with Gasteiger partial charge in [-0.1, -0.05) is 6.08 Å². The molecule has 1 saturated heterocycles. The molecule has 12 heavy (non-hydrogen) atoms. The fourth-order valence-corrected chi connectivity index (χ4v) is 3.76. The summed E-state index contributed by atoms with van der Waals surface area (Å²) in [6.07, 6.45) is 2.92. The molecule has 1 aliphatic heterocycles. The van der Waals surface area contributed by atoms with Crippen molar-refractivity contribution < 1.29 is 8.42 Å². The van der Waals surface area contributed by atoms with Gasteiger partial charge in [0.1, 0.15) is 0 Å². The van der Waals surface area contributed by atoms with Crippen molar-refractivity contribution in [3.63, 3.8) is 0 Å². The van der Waals surface area contributed by atoms with Gasteiger partial charge in [0.15, 0.2) is 9.84 Å². The maximum absolute atomic E-state index is 10.8. The number of sulfone groups is 1. The molecule has 1 rings (SSSR count). The summed E-state index contributed by atoms with van der Waals surface area (Å²) in [5.74, 6) is 3.31. The van der Waals surface area contributed by atoms with E-state index in [0.29, 0.717) is 17.4 Å². The van der Waals surface area contributed by atoms with E-state index in [1.165, 1.54) is 0 Å². The van der Waals surface area contributed by atoms with Gasteiger partial charge in [0.05, 0.1) is 11.5 Å². The molecular formula is C8H14O2S2. The van der Waals surface area contributed by atoms with Gasteiger partial charge in [-0.05, 0) is 18.1 Å². The standard InChI is InChI=1S/C8H14O2S2/c1-2-4-11-5-3-8-6-12(9,10)7-8/h2,8H,1,3-7H2. The highest BCUT2D eigenvalue weighted by atomic mass is 32.2. The van der Waals surface area contributed by atoms with Crippen molar-refractivity contribution in [2.24, 2.45) is 5.92 Å². The first kappa shape index (κ1) is 10.1. The predicted octanol–water partition coefficient (Wildman–Crippen LogP) is 1.34. The van der Waals surface area contributed by atoms with E-state index in [1.807, 2.05) is 17.8 Å². The molecule has 0 aliphatic carbocycles. The number of rotatable bonds is 5. The largest absolute Gasteiger partial charge is 0.229 e. The fourth-order valence-electron chi connectivity index (χ4n) is 1.25. The lowest BCUT2D eigenvalue weighted by molar-refractivity contribution is 0.514. The molecule has 0 radical (unpaired) electrons. The Labute approximate surface area is 78.3 Å². The molecule has 0 bridgehead atoms. The van der Waals surface area contributed by atoms with Gasteiger partial charge in [0, 0.05) is 5.75 Å². The summed E-state index contributed by atoms with van der Waals surface area (Å²) in [5, 5.41) is 0. The number of thioether (sulfide) groups is 1. The van der Waals surface area contributed by atoms with Crippen molar-refractivity contribution in [3.8, 4) is 0 Å². The summed E-state index contributed by atoms with van der Waals surface area (Å²) in [7, 11) is -2.60. The van der Waals surface area contributed by atoms with E-state index in [0.717, 1.165) is 17.9 Å². The van der Waals surface area contributed by atoms with Crippen LogP contribution in [0.4, 0.5) is 0 Å².